The van der Waals surface area contributed by atoms with E-state index in [0.717, 1.165) is 6.07 Å². The lowest BCUT2D eigenvalue weighted by Crippen LogP contribution is -2.34. The van der Waals surface area contributed by atoms with Crippen LogP contribution in [0.5, 0.6) is 0 Å². The second-order valence-electron chi connectivity index (χ2n) is 5.14. The molecule has 0 saturated heterocycles. The molecule has 0 saturated carbocycles. The summed E-state index contributed by atoms with van der Waals surface area (Å²) in [6, 6.07) is 0.849. The maximum atomic E-state index is 13.5. The second kappa shape index (κ2) is 5.74. The van der Waals surface area contributed by atoms with Gasteiger partial charge in [-0.25, -0.2) is 13.6 Å². The van der Waals surface area contributed by atoms with Gasteiger partial charge in [-0.3, -0.25) is 0 Å². The molecule has 0 aliphatic carbocycles. The highest BCUT2D eigenvalue weighted by molar-refractivity contribution is 6.33. The van der Waals surface area contributed by atoms with Crippen LogP contribution >= 0.6 is 11.6 Å². The molecule has 1 unspecified atom stereocenters. The number of nitrogens with one attached hydrogen (secondary N) is 1. The second-order valence-corrected chi connectivity index (χ2v) is 5.55. The van der Waals surface area contributed by atoms with Crippen LogP contribution in [0.25, 0.3) is 0 Å². The molecular weight excluding hydrogens is 276 g/mol. The molecule has 0 radical (unpaired) electrons. The van der Waals surface area contributed by atoms with Crippen molar-refractivity contribution in [3.63, 3.8) is 0 Å². The van der Waals surface area contributed by atoms with Gasteiger partial charge in [0.1, 0.15) is 17.5 Å². The fourth-order valence-electron chi connectivity index (χ4n) is 1.35. The van der Waals surface area contributed by atoms with Crippen LogP contribution in [0.3, 0.4) is 0 Å². The van der Waals surface area contributed by atoms with Crippen molar-refractivity contribution in [2.45, 2.75) is 39.3 Å². The molecule has 3 nitrogen and oxygen atoms in total. The lowest BCUT2D eigenvalue weighted by Gasteiger charge is -2.23. The van der Waals surface area contributed by atoms with Gasteiger partial charge in [0.05, 0.1) is 10.7 Å². The molecular formula is C13H16ClF2NO2. The first-order chi connectivity index (χ1) is 8.60. The van der Waals surface area contributed by atoms with Gasteiger partial charge < -0.3 is 10.1 Å². The van der Waals surface area contributed by atoms with Crippen LogP contribution in [0, 0.1) is 11.6 Å². The summed E-state index contributed by atoms with van der Waals surface area (Å²) in [4.78, 5) is 11.7. The molecule has 0 heterocycles. The SMILES string of the molecule is CC(Nc1c(F)cc(F)cc1Cl)C(=O)OC(C)(C)C. The average molecular weight is 292 g/mol. The number of ether oxygens (including phenoxy) is 1. The Labute approximate surface area is 115 Å². The predicted octanol–water partition coefficient (Wildman–Crippen LogP) is 3.76. The quantitative estimate of drug-likeness (QED) is 0.862. The van der Waals surface area contributed by atoms with Crippen molar-refractivity contribution in [2.24, 2.45) is 0 Å². The molecule has 0 fully saturated rings. The molecule has 0 amide bonds. The van der Waals surface area contributed by atoms with Gasteiger partial charge in [0.15, 0.2) is 5.82 Å². The highest BCUT2D eigenvalue weighted by atomic mass is 35.5. The smallest absolute Gasteiger partial charge is 0.328 e. The molecule has 0 aromatic heterocycles. The van der Waals surface area contributed by atoms with Crippen LogP contribution in [-0.2, 0) is 9.53 Å². The fraction of sp³-hybridized carbons (Fsp3) is 0.462. The van der Waals surface area contributed by atoms with Gasteiger partial charge in [-0.15, -0.1) is 0 Å². The van der Waals surface area contributed by atoms with Gasteiger partial charge in [-0.1, -0.05) is 11.6 Å². The molecule has 1 rings (SSSR count). The summed E-state index contributed by atoms with van der Waals surface area (Å²) in [5, 5.41) is 2.45. The van der Waals surface area contributed by atoms with Crippen molar-refractivity contribution in [1.29, 1.82) is 0 Å². The topological polar surface area (TPSA) is 38.3 Å². The minimum Gasteiger partial charge on any atom is -0.458 e. The van der Waals surface area contributed by atoms with E-state index < -0.39 is 29.2 Å². The summed E-state index contributed by atoms with van der Waals surface area (Å²) in [5.74, 6) is -2.19. The van der Waals surface area contributed by atoms with Crippen molar-refractivity contribution >= 4 is 23.3 Å². The van der Waals surface area contributed by atoms with E-state index in [-0.39, 0.29) is 10.7 Å². The first-order valence-electron chi connectivity index (χ1n) is 5.74. The molecule has 1 atom stereocenters. The van der Waals surface area contributed by atoms with Gasteiger partial charge in [-0.2, -0.15) is 0 Å². The average Bonchev–Trinajstić information content (AvgIpc) is 2.20. The van der Waals surface area contributed by atoms with Gasteiger partial charge in [0, 0.05) is 6.07 Å². The highest BCUT2D eigenvalue weighted by Gasteiger charge is 2.23. The Kier molecular flexibility index (Phi) is 4.74. The number of carbonyl (C=O) groups is 1. The molecule has 0 aliphatic rings. The van der Waals surface area contributed by atoms with Crippen molar-refractivity contribution in [2.75, 3.05) is 5.32 Å². The van der Waals surface area contributed by atoms with Crippen molar-refractivity contribution in [1.82, 2.24) is 0 Å². The maximum absolute atomic E-state index is 13.5. The van der Waals surface area contributed by atoms with Gasteiger partial charge in [-0.05, 0) is 33.8 Å². The number of rotatable bonds is 3. The van der Waals surface area contributed by atoms with E-state index >= 15 is 0 Å². The number of hydrogen-bond acceptors (Lipinski definition) is 3. The van der Waals surface area contributed by atoms with E-state index in [0.29, 0.717) is 6.07 Å². The molecule has 0 bridgehead atoms. The molecule has 1 aromatic carbocycles. The maximum Gasteiger partial charge on any atom is 0.328 e. The number of benzene rings is 1. The molecule has 106 valence electrons. The van der Waals surface area contributed by atoms with Crippen LogP contribution in [0.15, 0.2) is 12.1 Å². The number of esters is 1. The Morgan fingerprint density at radius 1 is 1.37 bits per heavy atom. The lowest BCUT2D eigenvalue weighted by atomic mass is 10.2. The first-order valence-corrected chi connectivity index (χ1v) is 6.12. The monoisotopic (exact) mass is 291 g/mol. The van der Waals surface area contributed by atoms with Crippen molar-refractivity contribution < 1.29 is 18.3 Å². The Hall–Kier alpha value is -1.36. The third-order valence-electron chi connectivity index (χ3n) is 2.13. The Morgan fingerprint density at radius 2 is 1.95 bits per heavy atom. The summed E-state index contributed by atoms with van der Waals surface area (Å²) < 4.78 is 31.6. The van der Waals surface area contributed by atoms with Crippen LogP contribution in [0.2, 0.25) is 5.02 Å². The van der Waals surface area contributed by atoms with Crippen LogP contribution in [0.1, 0.15) is 27.7 Å². The zero-order valence-electron chi connectivity index (χ0n) is 11.2. The summed E-state index contributed by atoms with van der Waals surface area (Å²) in [5.41, 5.74) is -0.764. The van der Waals surface area contributed by atoms with Gasteiger partial charge in [0.2, 0.25) is 0 Å². The minimum absolute atomic E-state index is 0.124. The van der Waals surface area contributed by atoms with E-state index in [1.54, 1.807) is 20.8 Å². The Bertz CT molecular complexity index is 463. The number of hydrogen-bond donors (Lipinski definition) is 1. The fourth-order valence-corrected chi connectivity index (χ4v) is 1.59. The summed E-state index contributed by atoms with van der Waals surface area (Å²) >= 11 is 5.72. The molecule has 0 aliphatic heterocycles. The van der Waals surface area contributed by atoms with E-state index in [1.807, 2.05) is 0 Å². The molecule has 19 heavy (non-hydrogen) atoms. The zero-order valence-corrected chi connectivity index (χ0v) is 11.9. The molecule has 6 heteroatoms. The zero-order chi connectivity index (χ0) is 14.8. The standard InChI is InChI=1S/C13H16ClF2NO2/c1-7(12(18)19-13(2,3)4)17-11-9(14)5-8(15)6-10(11)16/h5-7,17H,1-4H3. The Balaban J connectivity index is 2.83. The van der Waals surface area contributed by atoms with Crippen molar-refractivity contribution in [3.8, 4) is 0 Å². The molecule has 1 N–H and O–H groups in total. The number of halogens is 3. The summed E-state index contributed by atoms with van der Waals surface area (Å²) in [7, 11) is 0. The summed E-state index contributed by atoms with van der Waals surface area (Å²) in [6.45, 7) is 6.68. The van der Waals surface area contributed by atoms with Crippen LogP contribution < -0.4 is 5.32 Å². The largest absolute Gasteiger partial charge is 0.458 e. The molecule has 0 spiro atoms. The van der Waals surface area contributed by atoms with Crippen LogP contribution in [-0.4, -0.2) is 17.6 Å². The highest BCUT2D eigenvalue weighted by Crippen LogP contribution is 2.27. The van der Waals surface area contributed by atoms with E-state index in [4.69, 9.17) is 16.3 Å². The van der Waals surface area contributed by atoms with E-state index in [1.165, 1.54) is 6.92 Å². The van der Waals surface area contributed by atoms with Gasteiger partial charge in [0.25, 0.3) is 0 Å². The number of carbonyl (C=O) groups excluding carboxylic acids is 1. The number of anilines is 1. The summed E-state index contributed by atoms with van der Waals surface area (Å²) in [6.07, 6.45) is 0. The van der Waals surface area contributed by atoms with E-state index in [2.05, 4.69) is 5.32 Å². The third-order valence-corrected chi connectivity index (χ3v) is 2.43. The van der Waals surface area contributed by atoms with Crippen molar-refractivity contribution in [3.05, 3.63) is 28.8 Å². The normalized spacial score (nSPS) is 13.0. The van der Waals surface area contributed by atoms with E-state index in [9.17, 15) is 13.6 Å². The first kappa shape index (κ1) is 15.7. The van der Waals surface area contributed by atoms with Crippen LogP contribution in [0.4, 0.5) is 14.5 Å². The predicted molar refractivity (Wildman–Crippen MR) is 70.3 cm³/mol. The van der Waals surface area contributed by atoms with Gasteiger partial charge >= 0.3 is 5.97 Å². The molecule has 1 aromatic rings. The minimum atomic E-state index is -0.861. The lowest BCUT2D eigenvalue weighted by molar-refractivity contribution is -0.155. The Morgan fingerprint density at radius 3 is 2.42 bits per heavy atom. The third kappa shape index (κ3) is 4.67.